The summed E-state index contributed by atoms with van der Waals surface area (Å²) in [5.41, 5.74) is 2.17. The Balaban J connectivity index is 3.07. The zero-order valence-electron chi connectivity index (χ0n) is 10.8. The fraction of sp³-hybridized carbons (Fsp3) is 0.538. The Hall–Kier alpha value is -0.740. The van der Waals surface area contributed by atoms with Gasteiger partial charge >= 0.3 is 0 Å². The van der Waals surface area contributed by atoms with E-state index >= 15 is 0 Å². The smallest absolute Gasteiger partial charge is 0.126 e. The van der Waals surface area contributed by atoms with Crippen LogP contribution in [0.2, 0.25) is 0 Å². The monoisotopic (exact) mass is 257 g/mol. The maximum atomic E-state index is 13.5. The lowest BCUT2D eigenvalue weighted by Gasteiger charge is -2.24. The SMILES string of the molecule is CSCCN(C)c1cc(C)c(F)cc1[C@@H](C)O. The van der Waals surface area contributed by atoms with Gasteiger partial charge in [0.05, 0.1) is 6.10 Å². The van der Waals surface area contributed by atoms with Crippen molar-refractivity contribution in [1.29, 1.82) is 0 Å². The molecular weight excluding hydrogens is 237 g/mol. The van der Waals surface area contributed by atoms with Crippen molar-refractivity contribution in [3.8, 4) is 0 Å². The van der Waals surface area contributed by atoms with Gasteiger partial charge in [-0.1, -0.05) is 0 Å². The molecule has 0 radical (unpaired) electrons. The second-order valence-electron chi connectivity index (χ2n) is 4.25. The Labute approximate surface area is 107 Å². The molecule has 17 heavy (non-hydrogen) atoms. The second-order valence-corrected chi connectivity index (χ2v) is 5.24. The lowest BCUT2D eigenvalue weighted by Crippen LogP contribution is -2.22. The van der Waals surface area contributed by atoms with E-state index in [4.69, 9.17) is 0 Å². The molecule has 0 aliphatic heterocycles. The van der Waals surface area contributed by atoms with Crippen LogP contribution < -0.4 is 4.90 Å². The van der Waals surface area contributed by atoms with Gasteiger partial charge in [0, 0.05) is 30.6 Å². The molecule has 4 heteroatoms. The van der Waals surface area contributed by atoms with E-state index in [1.54, 1.807) is 31.7 Å². The third-order valence-electron chi connectivity index (χ3n) is 2.80. The summed E-state index contributed by atoms with van der Waals surface area (Å²) >= 11 is 1.77. The van der Waals surface area contributed by atoms with E-state index in [1.165, 1.54) is 6.07 Å². The van der Waals surface area contributed by atoms with E-state index in [0.717, 1.165) is 18.0 Å². The van der Waals surface area contributed by atoms with Crippen LogP contribution in [0.1, 0.15) is 24.2 Å². The predicted octanol–water partition coefficient (Wildman–Crippen LogP) is 2.99. The van der Waals surface area contributed by atoms with Crippen LogP contribution in [0.3, 0.4) is 0 Å². The number of hydrogen-bond donors (Lipinski definition) is 1. The largest absolute Gasteiger partial charge is 0.389 e. The Morgan fingerprint density at radius 3 is 2.65 bits per heavy atom. The van der Waals surface area contributed by atoms with Gasteiger partial charge in [-0.3, -0.25) is 0 Å². The normalized spacial score (nSPS) is 12.6. The first-order valence-electron chi connectivity index (χ1n) is 5.65. The van der Waals surface area contributed by atoms with Crippen LogP contribution in [0.25, 0.3) is 0 Å². The quantitative estimate of drug-likeness (QED) is 0.877. The van der Waals surface area contributed by atoms with E-state index in [2.05, 4.69) is 11.2 Å². The van der Waals surface area contributed by atoms with Gasteiger partial charge in [-0.05, 0) is 37.8 Å². The van der Waals surface area contributed by atoms with Gasteiger partial charge in [-0.2, -0.15) is 11.8 Å². The van der Waals surface area contributed by atoms with Crippen molar-refractivity contribution in [3.63, 3.8) is 0 Å². The molecular formula is C13H20FNOS. The number of hydrogen-bond acceptors (Lipinski definition) is 3. The van der Waals surface area contributed by atoms with Crippen LogP contribution in [0, 0.1) is 12.7 Å². The van der Waals surface area contributed by atoms with Crippen molar-refractivity contribution < 1.29 is 9.50 Å². The highest BCUT2D eigenvalue weighted by molar-refractivity contribution is 7.98. The molecule has 0 fully saturated rings. The molecule has 0 aromatic heterocycles. The van der Waals surface area contributed by atoms with Crippen LogP contribution in [-0.2, 0) is 0 Å². The number of aliphatic hydroxyl groups is 1. The molecule has 0 bridgehead atoms. The van der Waals surface area contributed by atoms with E-state index in [-0.39, 0.29) is 5.82 Å². The zero-order chi connectivity index (χ0) is 13.0. The van der Waals surface area contributed by atoms with Crippen molar-refractivity contribution in [2.75, 3.05) is 30.5 Å². The molecule has 0 saturated carbocycles. The predicted molar refractivity (Wildman–Crippen MR) is 73.4 cm³/mol. The summed E-state index contributed by atoms with van der Waals surface area (Å²) in [5.74, 6) is 0.745. The van der Waals surface area contributed by atoms with Crippen LogP contribution in [0.5, 0.6) is 0 Å². The minimum atomic E-state index is -0.656. The van der Waals surface area contributed by atoms with E-state index in [9.17, 15) is 9.50 Å². The molecule has 1 aromatic rings. The maximum absolute atomic E-state index is 13.5. The van der Waals surface area contributed by atoms with Crippen LogP contribution in [-0.4, -0.2) is 30.7 Å². The number of aliphatic hydroxyl groups excluding tert-OH is 1. The van der Waals surface area contributed by atoms with Gasteiger partial charge < -0.3 is 10.0 Å². The molecule has 2 nitrogen and oxygen atoms in total. The topological polar surface area (TPSA) is 23.5 Å². The second kappa shape index (κ2) is 6.26. The van der Waals surface area contributed by atoms with Crippen LogP contribution >= 0.6 is 11.8 Å². The van der Waals surface area contributed by atoms with E-state index in [1.807, 2.05) is 7.05 Å². The van der Waals surface area contributed by atoms with Crippen molar-refractivity contribution in [3.05, 3.63) is 29.1 Å². The molecule has 1 aromatic carbocycles. The Bertz CT molecular complexity index is 382. The molecule has 1 N–H and O–H groups in total. The van der Waals surface area contributed by atoms with E-state index in [0.29, 0.717) is 11.1 Å². The Morgan fingerprint density at radius 1 is 1.47 bits per heavy atom. The molecule has 0 amide bonds. The van der Waals surface area contributed by atoms with Gasteiger partial charge in [-0.25, -0.2) is 4.39 Å². The van der Waals surface area contributed by atoms with Gasteiger partial charge in [-0.15, -0.1) is 0 Å². The number of halogens is 1. The molecule has 0 spiro atoms. The molecule has 0 heterocycles. The van der Waals surface area contributed by atoms with Gasteiger partial charge in [0.15, 0.2) is 0 Å². The minimum absolute atomic E-state index is 0.261. The average Bonchev–Trinajstić information content (AvgIpc) is 2.28. The number of aryl methyl sites for hydroxylation is 1. The summed E-state index contributed by atoms with van der Waals surface area (Å²) in [5, 5.41) is 9.70. The summed E-state index contributed by atoms with van der Waals surface area (Å²) in [6.07, 6.45) is 1.40. The zero-order valence-corrected chi connectivity index (χ0v) is 11.6. The lowest BCUT2D eigenvalue weighted by atomic mass is 10.0. The first-order valence-corrected chi connectivity index (χ1v) is 7.05. The number of benzene rings is 1. The third-order valence-corrected chi connectivity index (χ3v) is 3.39. The Morgan fingerprint density at radius 2 is 2.12 bits per heavy atom. The molecule has 96 valence electrons. The summed E-state index contributed by atoms with van der Waals surface area (Å²) in [7, 11) is 1.97. The molecule has 0 aliphatic rings. The fourth-order valence-corrected chi connectivity index (χ4v) is 2.15. The average molecular weight is 257 g/mol. The Kier molecular flexibility index (Phi) is 5.28. The lowest BCUT2D eigenvalue weighted by molar-refractivity contribution is 0.199. The molecule has 0 unspecified atom stereocenters. The summed E-state index contributed by atoms with van der Waals surface area (Å²) in [6.45, 7) is 4.29. The molecule has 1 atom stereocenters. The highest BCUT2D eigenvalue weighted by Gasteiger charge is 2.14. The maximum Gasteiger partial charge on any atom is 0.126 e. The van der Waals surface area contributed by atoms with Crippen molar-refractivity contribution in [2.24, 2.45) is 0 Å². The van der Waals surface area contributed by atoms with Gasteiger partial charge in [0.25, 0.3) is 0 Å². The highest BCUT2D eigenvalue weighted by Crippen LogP contribution is 2.28. The van der Waals surface area contributed by atoms with Gasteiger partial charge in [0.1, 0.15) is 5.82 Å². The molecule has 0 saturated heterocycles. The molecule has 1 rings (SSSR count). The molecule has 0 aliphatic carbocycles. The number of rotatable bonds is 5. The fourth-order valence-electron chi connectivity index (χ4n) is 1.70. The first kappa shape index (κ1) is 14.3. The third kappa shape index (κ3) is 3.61. The number of thioether (sulfide) groups is 1. The highest BCUT2D eigenvalue weighted by atomic mass is 32.2. The van der Waals surface area contributed by atoms with E-state index < -0.39 is 6.10 Å². The van der Waals surface area contributed by atoms with Crippen molar-refractivity contribution in [1.82, 2.24) is 0 Å². The van der Waals surface area contributed by atoms with Crippen molar-refractivity contribution in [2.45, 2.75) is 20.0 Å². The summed E-state index contributed by atoms with van der Waals surface area (Å²) in [4.78, 5) is 2.06. The van der Waals surface area contributed by atoms with Crippen LogP contribution in [0.4, 0.5) is 10.1 Å². The number of anilines is 1. The van der Waals surface area contributed by atoms with Crippen molar-refractivity contribution >= 4 is 17.4 Å². The van der Waals surface area contributed by atoms with Crippen LogP contribution in [0.15, 0.2) is 12.1 Å². The standard InChI is InChI=1S/C13H20FNOS/c1-9-7-13(15(3)5-6-17-4)11(10(2)16)8-12(9)14/h7-8,10,16H,5-6H2,1-4H3/t10-/m1/s1. The summed E-state index contributed by atoms with van der Waals surface area (Å²) in [6, 6.07) is 3.24. The summed E-state index contributed by atoms with van der Waals surface area (Å²) < 4.78 is 13.5. The first-order chi connectivity index (χ1) is 7.97. The number of nitrogens with zero attached hydrogens (tertiary/aromatic N) is 1. The van der Waals surface area contributed by atoms with Gasteiger partial charge in [0.2, 0.25) is 0 Å². The minimum Gasteiger partial charge on any atom is -0.389 e.